The Morgan fingerprint density at radius 2 is 2.00 bits per heavy atom. The standard InChI is InChI=1S/C14H15FN2O/c1-2-16-13-8-5-9-14(17-13)18-10-11-6-3-4-7-12(11)15/h3-9H,2,10H2,1H3,(H,16,17). The molecule has 0 spiro atoms. The molecular formula is C14H15FN2O. The van der Waals surface area contributed by atoms with E-state index in [0.717, 1.165) is 12.4 Å². The van der Waals surface area contributed by atoms with Crippen molar-refractivity contribution in [3.63, 3.8) is 0 Å². The Hall–Kier alpha value is -2.10. The first-order chi connectivity index (χ1) is 8.79. The third-order valence-corrected chi connectivity index (χ3v) is 2.41. The van der Waals surface area contributed by atoms with Gasteiger partial charge in [-0.1, -0.05) is 24.3 Å². The number of benzene rings is 1. The van der Waals surface area contributed by atoms with E-state index in [1.807, 2.05) is 19.1 Å². The van der Waals surface area contributed by atoms with Gasteiger partial charge in [0.2, 0.25) is 5.88 Å². The van der Waals surface area contributed by atoms with E-state index in [1.54, 1.807) is 24.3 Å². The summed E-state index contributed by atoms with van der Waals surface area (Å²) in [4.78, 5) is 4.25. The second kappa shape index (κ2) is 6.00. The smallest absolute Gasteiger partial charge is 0.215 e. The summed E-state index contributed by atoms with van der Waals surface area (Å²) in [5.74, 6) is 0.973. The van der Waals surface area contributed by atoms with Gasteiger partial charge in [0.25, 0.3) is 0 Å². The molecule has 0 aliphatic rings. The molecule has 1 heterocycles. The van der Waals surface area contributed by atoms with E-state index in [0.29, 0.717) is 11.4 Å². The van der Waals surface area contributed by atoms with Crippen LogP contribution in [0.15, 0.2) is 42.5 Å². The first kappa shape index (κ1) is 12.4. The van der Waals surface area contributed by atoms with Gasteiger partial charge >= 0.3 is 0 Å². The zero-order chi connectivity index (χ0) is 12.8. The predicted molar refractivity (Wildman–Crippen MR) is 69.1 cm³/mol. The third kappa shape index (κ3) is 3.20. The Labute approximate surface area is 106 Å². The third-order valence-electron chi connectivity index (χ3n) is 2.41. The molecule has 0 saturated carbocycles. The van der Waals surface area contributed by atoms with Gasteiger partial charge in [0, 0.05) is 18.2 Å². The summed E-state index contributed by atoms with van der Waals surface area (Å²) in [6.45, 7) is 2.97. The number of halogens is 1. The maximum atomic E-state index is 13.4. The highest BCUT2D eigenvalue weighted by atomic mass is 19.1. The number of hydrogen-bond donors (Lipinski definition) is 1. The molecule has 0 radical (unpaired) electrons. The Morgan fingerprint density at radius 1 is 1.17 bits per heavy atom. The number of aromatic nitrogens is 1. The highest BCUT2D eigenvalue weighted by molar-refractivity contribution is 5.36. The molecule has 0 aliphatic heterocycles. The topological polar surface area (TPSA) is 34.1 Å². The first-order valence-corrected chi connectivity index (χ1v) is 5.86. The second-order valence-electron chi connectivity index (χ2n) is 3.77. The molecule has 1 aromatic carbocycles. The van der Waals surface area contributed by atoms with E-state index in [1.165, 1.54) is 6.07 Å². The van der Waals surface area contributed by atoms with Crippen molar-refractivity contribution in [1.82, 2.24) is 4.98 Å². The SMILES string of the molecule is CCNc1cccc(OCc2ccccc2F)n1. The lowest BCUT2D eigenvalue weighted by molar-refractivity contribution is 0.288. The van der Waals surface area contributed by atoms with Gasteiger partial charge in [0.15, 0.2) is 0 Å². The Morgan fingerprint density at radius 3 is 2.78 bits per heavy atom. The predicted octanol–water partition coefficient (Wildman–Crippen LogP) is 3.23. The summed E-state index contributed by atoms with van der Waals surface area (Å²) in [6.07, 6.45) is 0. The van der Waals surface area contributed by atoms with Crippen LogP contribution in [0.2, 0.25) is 0 Å². The van der Waals surface area contributed by atoms with Crippen LogP contribution < -0.4 is 10.1 Å². The summed E-state index contributed by atoms with van der Waals surface area (Å²) < 4.78 is 18.8. The molecule has 2 aromatic rings. The molecule has 4 heteroatoms. The lowest BCUT2D eigenvalue weighted by Crippen LogP contribution is -2.02. The van der Waals surface area contributed by atoms with E-state index in [2.05, 4.69) is 10.3 Å². The number of anilines is 1. The van der Waals surface area contributed by atoms with Gasteiger partial charge < -0.3 is 10.1 Å². The first-order valence-electron chi connectivity index (χ1n) is 5.86. The average Bonchev–Trinajstić information content (AvgIpc) is 2.39. The zero-order valence-corrected chi connectivity index (χ0v) is 10.2. The molecular weight excluding hydrogens is 231 g/mol. The molecule has 94 valence electrons. The molecule has 0 atom stereocenters. The quantitative estimate of drug-likeness (QED) is 0.879. The maximum Gasteiger partial charge on any atom is 0.215 e. The fraction of sp³-hybridized carbons (Fsp3) is 0.214. The normalized spacial score (nSPS) is 10.1. The van der Waals surface area contributed by atoms with Crippen LogP contribution in [0.1, 0.15) is 12.5 Å². The summed E-state index contributed by atoms with van der Waals surface area (Å²) >= 11 is 0. The van der Waals surface area contributed by atoms with Gasteiger partial charge in [0.1, 0.15) is 18.2 Å². The fourth-order valence-corrected chi connectivity index (χ4v) is 1.54. The average molecular weight is 246 g/mol. The molecule has 0 fully saturated rings. The van der Waals surface area contributed by atoms with Crippen LogP contribution in [0.4, 0.5) is 10.2 Å². The van der Waals surface area contributed by atoms with Crippen molar-refractivity contribution >= 4 is 5.82 Å². The van der Waals surface area contributed by atoms with Gasteiger partial charge in [0.05, 0.1) is 0 Å². The van der Waals surface area contributed by atoms with Crippen LogP contribution in [0, 0.1) is 5.82 Å². The van der Waals surface area contributed by atoms with Crippen molar-refractivity contribution in [2.75, 3.05) is 11.9 Å². The highest BCUT2D eigenvalue weighted by Crippen LogP contribution is 2.14. The summed E-state index contributed by atoms with van der Waals surface area (Å²) in [6, 6.07) is 12.0. The van der Waals surface area contributed by atoms with E-state index in [9.17, 15) is 4.39 Å². The Bertz CT molecular complexity index is 517. The monoisotopic (exact) mass is 246 g/mol. The summed E-state index contributed by atoms with van der Waals surface area (Å²) in [5.41, 5.74) is 0.521. The molecule has 0 bridgehead atoms. The molecule has 0 unspecified atom stereocenters. The van der Waals surface area contributed by atoms with E-state index >= 15 is 0 Å². The molecule has 2 rings (SSSR count). The van der Waals surface area contributed by atoms with Crippen LogP contribution in [-0.4, -0.2) is 11.5 Å². The summed E-state index contributed by atoms with van der Waals surface area (Å²) in [7, 11) is 0. The highest BCUT2D eigenvalue weighted by Gasteiger charge is 2.03. The molecule has 1 aromatic heterocycles. The van der Waals surface area contributed by atoms with E-state index in [-0.39, 0.29) is 12.4 Å². The van der Waals surface area contributed by atoms with Crippen LogP contribution in [0.5, 0.6) is 5.88 Å². The van der Waals surface area contributed by atoms with Gasteiger partial charge in [-0.2, -0.15) is 4.98 Å². The van der Waals surface area contributed by atoms with Crippen molar-refractivity contribution in [1.29, 1.82) is 0 Å². The van der Waals surface area contributed by atoms with Crippen LogP contribution >= 0.6 is 0 Å². The minimum Gasteiger partial charge on any atom is -0.473 e. The minimum atomic E-state index is -0.264. The summed E-state index contributed by atoms with van der Waals surface area (Å²) in [5, 5.41) is 3.09. The lowest BCUT2D eigenvalue weighted by atomic mass is 10.2. The minimum absolute atomic E-state index is 0.176. The number of nitrogens with one attached hydrogen (secondary N) is 1. The van der Waals surface area contributed by atoms with Crippen molar-refractivity contribution in [2.24, 2.45) is 0 Å². The van der Waals surface area contributed by atoms with Crippen molar-refractivity contribution in [3.05, 3.63) is 53.8 Å². The van der Waals surface area contributed by atoms with Crippen LogP contribution in [-0.2, 0) is 6.61 Å². The number of ether oxygens (including phenoxy) is 1. The van der Waals surface area contributed by atoms with E-state index < -0.39 is 0 Å². The largest absolute Gasteiger partial charge is 0.473 e. The van der Waals surface area contributed by atoms with Gasteiger partial charge in [-0.3, -0.25) is 0 Å². The molecule has 0 amide bonds. The second-order valence-corrected chi connectivity index (χ2v) is 3.77. The van der Waals surface area contributed by atoms with Crippen LogP contribution in [0.3, 0.4) is 0 Å². The Kier molecular flexibility index (Phi) is 4.12. The molecule has 0 aliphatic carbocycles. The lowest BCUT2D eigenvalue weighted by Gasteiger charge is -2.08. The fourth-order valence-electron chi connectivity index (χ4n) is 1.54. The number of pyridine rings is 1. The number of hydrogen-bond acceptors (Lipinski definition) is 3. The van der Waals surface area contributed by atoms with Gasteiger partial charge in [-0.25, -0.2) is 4.39 Å². The maximum absolute atomic E-state index is 13.4. The van der Waals surface area contributed by atoms with Crippen molar-refractivity contribution in [2.45, 2.75) is 13.5 Å². The van der Waals surface area contributed by atoms with E-state index in [4.69, 9.17) is 4.74 Å². The van der Waals surface area contributed by atoms with Crippen molar-refractivity contribution in [3.8, 4) is 5.88 Å². The zero-order valence-electron chi connectivity index (χ0n) is 10.2. The molecule has 3 nitrogen and oxygen atoms in total. The van der Waals surface area contributed by atoms with Gasteiger partial charge in [-0.15, -0.1) is 0 Å². The molecule has 1 N–H and O–H groups in total. The number of nitrogens with zero attached hydrogens (tertiary/aromatic N) is 1. The molecule has 0 saturated heterocycles. The Balaban J connectivity index is 2.02. The number of rotatable bonds is 5. The van der Waals surface area contributed by atoms with Crippen LogP contribution in [0.25, 0.3) is 0 Å². The van der Waals surface area contributed by atoms with Gasteiger partial charge in [-0.05, 0) is 19.1 Å². The van der Waals surface area contributed by atoms with Crippen molar-refractivity contribution < 1.29 is 9.13 Å². The molecule has 18 heavy (non-hydrogen) atoms.